The van der Waals surface area contributed by atoms with E-state index in [9.17, 15) is 23.3 Å². The summed E-state index contributed by atoms with van der Waals surface area (Å²) < 4.78 is 27.3. The van der Waals surface area contributed by atoms with Gasteiger partial charge in [0.05, 0.1) is 21.5 Å². The van der Waals surface area contributed by atoms with E-state index >= 15 is 0 Å². The molecule has 1 amide bonds. The Morgan fingerprint density at radius 1 is 1.14 bits per heavy atom. The first-order chi connectivity index (χ1) is 13.8. The van der Waals surface area contributed by atoms with Gasteiger partial charge in [0.25, 0.3) is 5.69 Å². The number of non-ortho nitro benzene ring substituents is 1. The van der Waals surface area contributed by atoms with E-state index in [4.69, 9.17) is 5.26 Å². The van der Waals surface area contributed by atoms with E-state index in [2.05, 4.69) is 5.32 Å². The Hall–Kier alpha value is -3.29. The molecule has 0 bridgehead atoms. The van der Waals surface area contributed by atoms with E-state index in [1.165, 1.54) is 12.1 Å². The molecule has 1 N–H and O–H groups in total. The highest BCUT2D eigenvalue weighted by Gasteiger charge is 2.37. The molecular formula is C19H18N4O5S. The van der Waals surface area contributed by atoms with Crippen LogP contribution in [-0.4, -0.2) is 36.1 Å². The fraction of sp³-hybridized carbons (Fsp3) is 0.263. The molecule has 1 fully saturated rings. The van der Waals surface area contributed by atoms with Crippen LogP contribution in [0.25, 0.3) is 0 Å². The number of sulfonamides is 1. The smallest absolute Gasteiger partial charge is 0.269 e. The zero-order valence-corrected chi connectivity index (χ0v) is 16.1. The maximum atomic E-state index is 13.1. The summed E-state index contributed by atoms with van der Waals surface area (Å²) in [6, 6.07) is 12.0. The van der Waals surface area contributed by atoms with Gasteiger partial charge in [-0.1, -0.05) is 6.42 Å². The molecule has 0 spiro atoms. The lowest BCUT2D eigenvalue weighted by Crippen LogP contribution is -2.49. The lowest BCUT2D eigenvalue weighted by atomic mass is 10.0. The van der Waals surface area contributed by atoms with Gasteiger partial charge in [0, 0.05) is 24.4 Å². The van der Waals surface area contributed by atoms with Crippen LogP contribution >= 0.6 is 0 Å². The number of nitro groups is 1. The number of anilines is 1. The van der Waals surface area contributed by atoms with Gasteiger partial charge >= 0.3 is 0 Å². The minimum absolute atomic E-state index is 0.0961. The highest BCUT2D eigenvalue weighted by Crippen LogP contribution is 2.27. The summed E-state index contributed by atoms with van der Waals surface area (Å²) in [5, 5.41) is 22.3. The molecule has 1 aliphatic heterocycles. The number of hydrogen-bond donors (Lipinski definition) is 1. The number of rotatable bonds is 5. The van der Waals surface area contributed by atoms with Crippen molar-refractivity contribution in [3.63, 3.8) is 0 Å². The highest BCUT2D eigenvalue weighted by atomic mass is 32.2. The Kier molecular flexibility index (Phi) is 5.91. The number of nitrogens with zero attached hydrogens (tertiary/aromatic N) is 3. The third-order valence-corrected chi connectivity index (χ3v) is 6.61. The van der Waals surface area contributed by atoms with Gasteiger partial charge in [-0.2, -0.15) is 9.57 Å². The molecule has 3 rings (SSSR count). The van der Waals surface area contributed by atoms with Crippen LogP contribution in [0.2, 0.25) is 0 Å². The number of carbonyl (C=O) groups is 1. The van der Waals surface area contributed by atoms with E-state index in [0.717, 1.165) is 16.4 Å². The number of carbonyl (C=O) groups excluding carboxylic acids is 1. The molecule has 0 saturated carbocycles. The molecule has 2 aromatic rings. The molecule has 0 unspecified atom stereocenters. The average Bonchev–Trinajstić information content (AvgIpc) is 2.74. The minimum atomic E-state index is -3.99. The van der Waals surface area contributed by atoms with Crippen molar-refractivity contribution < 1.29 is 18.1 Å². The van der Waals surface area contributed by atoms with Crippen molar-refractivity contribution in [2.75, 3.05) is 11.9 Å². The first-order valence-corrected chi connectivity index (χ1v) is 10.3. The van der Waals surface area contributed by atoms with Crippen LogP contribution in [0.4, 0.5) is 11.4 Å². The fourth-order valence-electron chi connectivity index (χ4n) is 3.18. The van der Waals surface area contributed by atoms with Crippen molar-refractivity contribution >= 4 is 27.3 Å². The van der Waals surface area contributed by atoms with Gasteiger partial charge in [-0.15, -0.1) is 0 Å². The predicted molar refractivity (Wildman–Crippen MR) is 104 cm³/mol. The van der Waals surface area contributed by atoms with Gasteiger partial charge in [0.15, 0.2) is 0 Å². The zero-order valence-electron chi connectivity index (χ0n) is 15.3. The minimum Gasteiger partial charge on any atom is -0.325 e. The fourth-order valence-corrected chi connectivity index (χ4v) is 4.84. The third-order valence-electron chi connectivity index (χ3n) is 4.69. The Labute approximate surface area is 167 Å². The van der Waals surface area contributed by atoms with E-state index in [0.29, 0.717) is 30.5 Å². The molecular weight excluding hydrogens is 396 g/mol. The van der Waals surface area contributed by atoms with Crippen molar-refractivity contribution in [2.24, 2.45) is 0 Å². The van der Waals surface area contributed by atoms with Gasteiger partial charge in [-0.05, 0) is 49.2 Å². The molecule has 1 atom stereocenters. The molecule has 1 heterocycles. The largest absolute Gasteiger partial charge is 0.325 e. The molecule has 0 aromatic heterocycles. The standard InChI is InChI=1S/C19H18N4O5S/c20-13-14-4-6-15(7-5-14)21-19(24)18-3-1-2-12-22(18)29(27,28)17-10-8-16(9-11-17)23(25)26/h4-11,18H,1-3,12H2,(H,21,24)/t18-/m0/s1. The topological polar surface area (TPSA) is 133 Å². The molecule has 0 radical (unpaired) electrons. The van der Waals surface area contributed by atoms with Crippen LogP contribution in [0.1, 0.15) is 24.8 Å². The van der Waals surface area contributed by atoms with Gasteiger partial charge in [-0.3, -0.25) is 14.9 Å². The summed E-state index contributed by atoms with van der Waals surface area (Å²) in [7, 11) is -3.99. The molecule has 0 aliphatic carbocycles. The van der Waals surface area contributed by atoms with Crippen LogP contribution < -0.4 is 5.32 Å². The number of amides is 1. The van der Waals surface area contributed by atoms with E-state index in [-0.39, 0.29) is 17.1 Å². The van der Waals surface area contributed by atoms with Crippen LogP contribution in [-0.2, 0) is 14.8 Å². The van der Waals surface area contributed by atoms with Gasteiger partial charge in [0.2, 0.25) is 15.9 Å². The first kappa shape index (κ1) is 20.4. The second-order valence-corrected chi connectivity index (χ2v) is 8.45. The molecule has 10 heteroatoms. The Bertz CT molecular complexity index is 1060. The summed E-state index contributed by atoms with van der Waals surface area (Å²) in [5.41, 5.74) is 0.702. The van der Waals surface area contributed by atoms with Crippen LogP contribution in [0, 0.1) is 21.4 Å². The van der Waals surface area contributed by atoms with Crippen molar-refractivity contribution in [2.45, 2.75) is 30.2 Å². The SMILES string of the molecule is N#Cc1ccc(NC(=O)[C@@H]2CCCCN2S(=O)(=O)c2ccc([N+](=O)[O-])cc2)cc1. The number of benzene rings is 2. The molecule has 29 heavy (non-hydrogen) atoms. The molecule has 1 aliphatic rings. The molecule has 1 saturated heterocycles. The lowest BCUT2D eigenvalue weighted by Gasteiger charge is -2.33. The van der Waals surface area contributed by atoms with Crippen molar-refractivity contribution in [3.8, 4) is 6.07 Å². The normalized spacial score (nSPS) is 17.3. The van der Waals surface area contributed by atoms with E-state index in [1.807, 2.05) is 6.07 Å². The Balaban J connectivity index is 1.83. The van der Waals surface area contributed by atoms with Crippen LogP contribution in [0.3, 0.4) is 0 Å². The maximum absolute atomic E-state index is 13.1. The quantitative estimate of drug-likeness (QED) is 0.590. The Morgan fingerprint density at radius 3 is 2.38 bits per heavy atom. The summed E-state index contributed by atoms with van der Waals surface area (Å²) in [6.45, 7) is 0.185. The summed E-state index contributed by atoms with van der Waals surface area (Å²) in [5.74, 6) is -0.458. The summed E-state index contributed by atoms with van der Waals surface area (Å²) in [6.07, 6.45) is 1.69. The summed E-state index contributed by atoms with van der Waals surface area (Å²) >= 11 is 0. The molecule has 9 nitrogen and oxygen atoms in total. The summed E-state index contributed by atoms with van der Waals surface area (Å²) in [4.78, 5) is 22.9. The zero-order chi connectivity index (χ0) is 21.0. The highest BCUT2D eigenvalue weighted by molar-refractivity contribution is 7.89. The monoisotopic (exact) mass is 414 g/mol. The van der Waals surface area contributed by atoms with Gasteiger partial charge < -0.3 is 5.32 Å². The van der Waals surface area contributed by atoms with Crippen molar-refractivity contribution in [1.82, 2.24) is 4.31 Å². The van der Waals surface area contributed by atoms with Crippen molar-refractivity contribution in [3.05, 3.63) is 64.2 Å². The number of nitrogens with one attached hydrogen (secondary N) is 1. The molecule has 2 aromatic carbocycles. The van der Waals surface area contributed by atoms with Crippen molar-refractivity contribution in [1.29, 1.82) is 5.26 Å². The van der Waals surface area contributed by atoms with E-state index < -0.39 is 26.9 Å². The second-order valence-electron chi connectivity index (χ2n) is 6.56. The lowest BCUT2D eigenvalue weighted by molar-refractivity contribution is -0.384. The number of nitro benzene ring substituents is 1. The average molecular weight is 414 g/mol. The first-order valence-electron chi connectivity index (χ1n) is 8.90. The second kappa shape index (κ2) is 8.38. The van der Waals surface area contributed by atoms with E-state index in [1.54, 1.807) is 24.3 Å². The van der Waals surface area contributed by atoms with Crippen LogP contribution in [0.15, 0.2) is 53.4 Å². The van der Waals surface area contributed by atoms with Gasteiger partial charge in [0.1, 0.15) is 6.04 Å². The van der Waals surface area contributed by atoms with Crippen LogP contribution in [0.5, 0.6) is 0 Å². The Morgan fingerprint density at radius 2 is 1.79 bits per heavy atom. The predicted octanol–water partition coefficient (Wildman–Crippen LogP) is 2.65. The number of nitriles is 1. The molecule has 150 valence electrons. The number of hydrogen-bond acceptors (Lipinski definition) is 6. The van der Waals surface area contributed by atoms with Gasteiger partial charge in [-0.25, -0.2) is 8.42 Å². The third kappa shape index (κ3) is 4.42. The number of piperidine rings is 1. The maximum Gasteiger partial charge on any atom is 0.269 e.